The van der Waals surface area contributed by atoms with Crippen molar-refractivity contribution in [2.45, 2.75) is 18.7 Å². The number of carbonyl (C=O) groups is 1. The highest BCUT2D eigenvalue weighted by molar-refractivity contribution is 5.94. The summed E-state index contributed by atoms with van der Waals surface area (Å²) < 4.78 is 40.3. The predicted octanol–water partition coefficient (Wildman–Crippen LogP) is 1.23. The number of amides is 1. The predicted molar refractivity (Wildman–Crippen MR) is 62.3 cm³/mol. The molecule has 0 saturated carbocycles. The highest BCUT2D eigenvalue weighted by Gasteiger charge is 2.29. The van der Waals surface area contributed by atoms with Crippen LogP contribution in [0.25, 0.3) is 0 Å². The van der Waals surface area contributed by atoms with E-state index in [0.717, 1.165) is 0 Å². The average Bonchev–Trinajstić information content (AvgIpc) is 2.82. The number of hydrogen-bond acceptors (Lipinski definition) is 4. The van der Waals surface area contributed by atoms with Crippen LogP contribution in [0.5, 0.6) is 5.88 Å². The molecular formula is C12H13F3N2O3. The fourth-order valence-corrected chi connectivity index (χ4v) is 1.86. The highest BCUT2D eigenvalue weighted by Crippen LogP contribution is 2.18. The zero-order valence-corrected chi connectivity index (χ0v) is 10.4. The highest BCUT2D eigenvalue weighted by atomic mass is 19.4. The molecule has 2 heterocycles. The van der Waals surface area contributed by atoms with Crippen LogP contribution in [0.15, 0.2) is 18.3 Å². The molecule has 0 spiro atoms. The van der Waals surface area contributed by atoms with Crippen LogP contribution < -0.4 is 4.74 Å². The van der Waals surface area contributed by atoms with Gasteiger partial charge in [0.1, 0.15) is 0 Å². The number of nitrogens with zero attached hydrogens (tertiary/aromatic N) is 2. The minimum atomic E-state index is -4.43. The molecule has 0 radical (unpaired) electrons. The van der Waals surface area contributed by atoms with E-state index in [4.69, 9.17) is 0 Å². The fourth-order valence-electron chi connectivity index (χ4n) is 1.86. The first-order chi connectivity index (χ1) is 9.35. The molecule has 1 saturated heterocycles. The van der Waals surface area contributed by atoms with E-state index in [2.05, 4.69) is 9.72 Å². The average molecular weight is 290 g/mol. The van der Waals surface area contributed by atoms with E-state index < -0.39 is 18.9 Å². The molecule has 1 amide bonds. The number of alkyl halides is 3. The molecule has 0 unspecified atom stereocenters. The van der Waals surface area contributed by atoms with Crippen LogP contribution in [-0.4, -0.2) is 52.9 Å². The number of ether oxygens (including phenoxy) is 1. The lowest BCUT2D eigenvalue weighted by Gasteiger charge is -2.15. The van der Waals surface area contributed by atoms with Gasteiger partial charge in [0, 0.05) is 25.4 Å². The Kier molecular flexibility index (Phi) is 4.12. The summed E-state index contributed by atoms with van der Waals surface area (Å²) in [4.78, 5) is 17.1. The SMILES string of the molecule is O=C(c1ccc(OCC(F)(F)F)nc1)N1CC[C@@H](O)C1. The van der Waals surface area contributed by atoms with Crippen LogP contribution in [0.4, 0.5) is 13.2 Å². The smallest absolute Gasteiger partial charge is 0.422 e. The summed E-state index contributed by atoms with van der Waals surface area (Å²) in [6.45, 7) is -0.719. The Hall–Kier alpha value is -1.83. The summed E-state index contributed by atoms with van der Waals surface area (Å²) in [6.07, 6.45) is -3.27. The van der Waals surface area contributed by atoms with E-state index in [1.165, 1.54) is 23.2 Å². The van der Waals surface area contributed by atoms with Gasteiger partial charge in [-0.1, -0.05) is 0 Å². The second-order valence-electron chi connectivity index (χ2n) is 4.48. The van der Waals surface area contributed by atoms with Crippen LogP contribution in [0.1, 0.15) is 16.8 Å². The quantitative estimate of drug-likeness (QED) is 0.909. The van der Waals surface area contributed by atoms with Gasteiger partial charge < -0.3 is 14.7 Å². The van der Waals surface area contributed by atoms with Crippen LogP contribution in [0, 0.1) is 0 Å². The standard InChI is InChI=1S/C12H13F3N2O3/c13-12(14,15)7-20-10-2-1-8(5-16-10)11(19)17-4-3-9(18)6-17/h1-2,5,9,18H,3-4,6-7H2/t9-/m1/s1. The van der Waals surface area contributed by atoms with Crippen LogP contribution >= 0.6 is 0 Å². The molecule has 0 aromatic carbocycles. The number of aromatic nitrogens is 1. The maximum absolute atomic E-state index is 12.0. The third-order valence-corrected chi connectivity index (χ3v) is 2.82. The van der Waals surface area contributed by atoms with Gasteiger partial charge in [0.25, 0.3) is 5.91 Å². The molecular weight excluding hydrogens is 277 g/mol. The van der Waals surface area contributed by atoms with Gasteiger partial charge in [-0.15, -0.1) is 0 Å². The lowest BCUT2D eigenvalue weighted by molar-refractivity contribution is -0.154. The molecule has 1 fully saturated rings. The Morgan fingerprint density at radius 1 is 1.50 bits per heavy atom. The van der Waals surface area contributed by atoms with Crippen molar-refractivity contribution in [3.8, 4) is 5.88 Å². The van der Waals surface area contributed by atoms with Gasteiger partial charge in [0.15, 0.2) is 6.61 Å². The summed E-state index contributed by atoms with van der Waals surface area (Å²) >= 11 is 0. The van der Waals surface area contributed by atoms with Crippen LogP contribution in [0.2, 0.25) is 0 Å². The number of halogens is 3. The number of carbonyl (C=O) groups excluding carboxylic acids is 1. The first kappa shape index (κ1) is 14.6. The Bertz CT molecular complexity index is 476. The second-order valence-corrected chi connectivity index (χ2v) is 4.48. The molecule has 5 nitrogen and oxygen atoms in total. The summed E-state index contributed by atoms with van der Waals surface area (Å²) in [5.41, 5.74) is 0.249. The fraction of sp³-hybridized carbons (Fsp3) is 0.500. The minimum Gasteiger partial charge on any atom is -0.468 e. The van der Waals surface area contributed by atoms with Gasteiger partial charge in [-0.05, 0) is 12.5 Å². The monoisotopic (exact) mass is 290 g/mol. The van der Waals surface area contributed by atoms with E-state index in [1.54, 1.807) is 0 Å². The molecule has 0 bridgehead atoms. The Morgan fingerprint density at radius 2 is 2.25 bits per heavy atom. The maximum atomic E-state index is 12.0. The third kappa shape index (κ3) is 3.83. The number of aliphatic hydroxyl groups is 1. The Balaban J connectivity index is 1.96. The van der Waals surface area contributed by atoms with Crippen molar-refractivity contribution in [1.29, 1.82) is 0 Å². The van der Waals surface area contributed by atoms with Crippen molar-refractivity contribution in [2.24, 2.45) is 0 Å². The van der Waals surface area contributed by atoms with Gasteiger partial charge in [-0.25, -0.2) is 4.98 Å². The third-order valence-electron chi connectivity index (χ3n) is 2.82. The minimum absolute atomic E-state index is 0.194. The van der Waals surface area contributed by atoms with Gasteiger partial charge in [-0.2, -0.15) is 13.2 Å². The molecule has 1 aliphatic heterocycles. The summed E-state index contributed by atoms with van der Waals surface area (Å²) in [5, 5.41) is 9.35. The number of aliphatic hydroxyl groups excluding tert-OH is 1. The lowest BCUT2D eigenvalue weighted by atomic mass is 10.2. The van der Waals surface area contributed by atoms with Crippen molar-refractivity contribution in [3.05, 3.63) is 23.9 Å². The van der Waals surface area contributed by atoms with Crippen molar-refractivity contribution in [1.82, 2.24) is 9.88 Å². The first-order valence-electron chi connectivity index (χ1n) is 5.98. The molecule has 8 heteroatoms. The normalized spacial score (nSPS) is 19.2. The van der Waals surface area contributed by atoms with Crippen molar-refractivity contribution in [2.75, 3.05) is 19.7 Å². The number of β-amino-alcohol motifs (C(OH)–C–C–N with tert-alkyl or cyclic N) is 1. The van der Waals surface area contributed by atoms with Crippen LogP contribution in [0.3, 0.4) is 0 Å². The van der Waals surface area contributed by atoms with Crippen molar-refractivity contribution >= 4 is 5.91 Å². The molecule has 1 N–H and O–H groups in total. The van der Waals surface area contributed by atoms with E-state index in [-0.39, 0.29) is 23.9 Å². The first-order valence-corrected chi connectivity index (χ1v) is 5.98. The van der Waals surface area contributed by atoms with E-state index >= 15 is 0 Å². The van der Waals surface area contributed by atoms with Crippen molar-refractivity contribution in [3.63, 3.8) is 0 Å². The van der Waals surface area contributed by atoms with E-state index in [9.17, 15) is 23.1 Å². The molecule has 2 rings (SSSR count). The number of likely N-dealkylation sites (tertiary alicyclic amines) is 1. The zero-order chi connectivity index (χ0) is 14.8. The summed E-state index contributed by atoms with van der Waals surface area (Å²) in [5.74, 6) is -0.503. The number of pyridine rings is 1. The molecule has 0 aliphatic carbocycles. The Labute approximate surface area is 113 Å². The van der Waals surface area contributed by atoms with Gasteiger partial charge >= 0.3 is 6.18 Å². The van der Waals surface area contributed by atoms with Gasteiger partial charge in [0.05, 0.1) is 11.7 Å². The largest absolute Gasteiger partial charge is 0.468 e. The Morgan fingerprint density at radius 3 is 2.75 bits per heavy atom. The molecule has 1 aliphatic rings. The van der Waals surface area contributed by atoms with Gasteiger partial charge in [0.2, 0.25) is 5.88 Å². The van der Waals surface area contributed by atoms with E-state index in [0.29, 0.717) is 13.0 Å². The maximum Gasteiger partial charge on any atom is 0.422 e. The molecule has 20 heavy (non-hydrogen) atoms. The second kappa shape index (κ2) is 5.66. The number of hydrogen-bond donors (Lipinski definition) is 1. The van der Waals surface area contributed by atoms with Crippen molar-refractivity contribution < 1.29 is 27.8 Å². The molecule has 1 aromatic rings. The topological polar surface area (TPSA) is 62.7 Å². The summed E-state index contributed by atoms with van der Waals surface area (Å²) in [7, 11) is 0. The summed E-state index contributed by atoms with van der Waals surface area (Å²) in [6, 6.07) is 2.57. The van der Waals surface area contributed by atoms with Gasteiger partial charge in [-0.3, -0.25) is 4.79 Å². The molecule has 1 atom stereocenters. The van der Waals surface area contributed by atoms with E-state index in [1.807, 2.05) is 0 Å². The lowest BCUT2D eigenvalue weighted by Crippen LogP contribution is -2.29. The number of rotatable bonds is 3. The zero-order valence-electron chi connectivity index (χ0n) is 10.4. The molecule has 1 aromatic heterocycles. The van der Waals surface area contributed by atoms with Crippen LogP contribution in [-0.2, 0) is 0 Å². The molecule has 110 valence electrons.